The van der Waals surface area contributed by atoms with Gasteiger partial charge in [0.05, 0.1) is 16.3 Å². The summed E-state index contributed by atoms with van der Waals surface area (Å²) < 4.78 is 0. The van der Waals surface area contributed by atoms with E-state index in [-0.39, 0.29) is 5.41 Å². The van der Waals surface area contributed by atoms with Gasteiger partial charge in [0.25, 0.3) is 0 Å². The van der Waals surface area contributed by atoms with Crippen LogP contribution in [0, 0.1) is 0 Å². The summed E-state index contributed by atoms with van der Waals surface area (Å²) in [5.41, 5.74) is 2.59. The average Bonchev–Trinajstić information content (AvgIpc) is 2.85. The Morgan fingerprint density at radius 2 is 2.05 bits per heavy atom. The molecule has 0 aliphatic carbocycles. The van der Waals surface area contributed by atoms with Gasteiger partial charge in [-0.05, 0) is 24.1 Å². The molecule has 1 aromatic carbocycles. The van der Waals surface area contributed by atoms with Gasteiger partial charge in [0.15, 0.2) is 0 Å². The van der Waals surface area contributed by atoms with Crippen molar-refractivity contribution in [2.45, 2.75) is 39.0 Å². The molecule has 1 N–H and O–H groups in total. The normalized spacial score (nSPS) is 11.6. The Labute approximate surface area is 123 Å². The molecule has 2 aromatic rings. The van der Waals surface area contributed by atoms with E-state index < -0.39 is 5.97 Å². The van der Waals surface area contributed by atoms with Crippen molar-refractivity contribution in [2.24, 2.45) is 0 Å². The number of hydrogen-bond acceptors (Lipinski definition) is 3. The summed E-state index contributed by atoms with van der Waals surface area (Å²) in [7, 11) is 0. The maximum Gasteiger partial charge on any atom is 0.335 e. The highest BCUT2D eigenvalue weighted by atomic mass is 32.1. The van der Waals surface area contributed by atoms with E-state index >= 15 is 0 Å². The molecule has 0 atom stereocenters. The van der Waals surface area contributed by atoms with Gasteiger partial charge in [-0.3, -0.25) is 0 Å². The van der Waals surface area contributed by atoms with Crippen LogP contribution in [0.2, 0.25) is 0 Å². The third kappa shape index (κ3) is 3.67. The predicted molar refractivity (Wildman–Crippen MR) is 81.6 cm³/mol. The summed E-state index contributed by atoms with van der Waals surface area (Å²) in [6.07, 6.45) is 1.67. The molecule has 0 unspecified atom stereocenters. The quantitative estimate of drug-likeness (QED) is 0.928. The molecule has 0 bridgehead atoms. The summed E-state index contributed by atoms with van der Waals surface area (Å²) in [5, 5.41) is 12.2. The van der Waals surface area contributed by atoms with E-state index in [2.05, 4.69) is 31.1 Å². The third-order valence-corrected chi connectivity index (χ3v) is 4.03. The Bertz CT molecular complexity index is 611. The van der Waals surface area contributed by atoms with E-state index in [0.717, 1.165) is 29.1 Å². The summed E-state index contributed by atoms with van der Waals surface area (Å²) in [6, 6.07) is 7.11. The lowest BCUT2D eigenvalue weighted by molar-refractivity contribution is 0.0697. The van der Waals surface area contributed by atoms with E-state index in [9.17, 15) is 4.79 Å². The largest absolute Gasteiger partial charge is 0.478 e. The predicted octanol–water partition coefficient (Wildman–Crippen LogP) is 3.92. The maximum atomic E-state index is 10.9. The minimum Gasteiger partial charge on any atom is -0.478 e. The first-order valence-corrected chi connectivity index (χ1v) is 7.51. The van der Waals surface area contributed by atoms with Crippen LogP contribution >= 0.6 is 11.3 Å². The van der Waals surface area contributed by atoms with Crippen molar-refractivity contribution in [2.75, 3.05) is 0 Å². The Hall–Kier alpha value is -1.68. The van der Waals surface area contributed by atoms with Crippen LogP contribution in [-0.4, -0.2) is 16.1 Å². The molecular formula is C16H19NO2S. The minimum atomic E-state index is -0.879. The van der Waals surface area contributed by atoms with Gasteiger partial charge in [0, 0.05) is 17.2 Å². The molecular weight excluding hydrogens is 270 g/mol. The second-order valence-corrected chi connectivity index (χ2v) is 6.82. The van der Waals surface area contributed by atoms with Gasteiger partial charge in [-0.15, -0.1) is 11.3 Å². The molecule has 20 heavy (non-hydrogen) atoms. The zero-order valence-electron chi connectivity index (χ0n) is 12.0. The summed E-state index contributed by atoms with van der Waals surface area (Å²) in [5.74, 6) is -0.879. The number of aromatic nitrogens is 1. The van der Waals surface area contributed by atoms with Gasteiger partial charge in [-0.1, -0.05) is 32.9 Å². The van der Waals surface area contributed by atoms with Gasteiger partial charge >= 0.3 is 5.97 Å². The molecule has 2 rings (SSSR count). The SMILES string of the molecule is CC(C)(C)c1csc(CCc2cccc(C(=O)O)c2)n1. The van der Waals surface area contributed by atoms with E-state index in [4.69, 9.17) is 5.11 Å². The second kappa shape index (κ2) is 5.75. The van der Waals surface area contributed by atoms with Crippen LogP contribution in [0.4, 0.5) is 0 Å². The van der Waals surface area contributed by atoms with Crippen molar-refractivity contribution in [3.63, 3.8) is 0 Å². The smallest absolute Gasteiger partial charge is 0.335 e. The highest BCUT2D eigenvalue weighted by Gasteiger charge is 2.17. The fraction of sp³-hybridized carbons (Fsp3) is 0.375. The van der Waals surface area contributed by atoms with Gasteiger partial charge in [0.1, 0.15) is 0 Å². The molecule has 3 nitrogen and oxygen atoms in total. The third-order valence-electron chi connectivity index (χ3n) is 3.12. The van der Waals surface area contributed by atoms with Crippen LogP contribution in [0.15, 0.2) is 29.6 Å². The Morgan fingerprint density at radius 1 is 1.30 bits per heavy atom. The fourth-order valence-electron chi connectivity index (χ4n) is 1.88. The number of benzene rings is 1. The number of aromatic carboxylic acids is 1. The first-order valence-electron chi connectivity index (χ1n) is 6.63. The summed E-state index contributed by atoms with van der Waals surface area (Å²) in [6.45, 7) is 6.46. The van der Waals surface area contributed by atoms with Crippen molar-refractivity contribution in [3.05, 3.63) is 51.5 Å². The Morgan fingerprint density at radius 3 is 2.65 bits per heavy atom. The molecule has 0 aliphatic heterocycles. The Kier molecular flexibility index (Phi) is 4.23. The van der Waals surface area contributed by atoms with E-state index in [1.165, 1.54) is 0 Å². The van der Waals surface area contributed by atoms with E-state index in [1.54, 1.807) is 29.5 Å². The number of carboxylic acid groups (broad SMARTS) is 1. The molecule has 0 aliphatic rings. The zero-order chi connectivity index (χ0) is 14.8. The van der Waals surface area contributed by atoms with Crippen molar-refractivity contribution in [3.8, 4) is 0 Å². The number of thiazole rings is 1. The molecule has 0 fully saturated rings. The topological polar surface area (TPSA) is 50.2 Å². The average molecular weight is 289 g/mol. The summed E-state index contributed by atoms with van der Waals surface area (Å²) >= 11 is 1.68. The number of carbonyl (C=O) groups is 1. The van der Waals surface area contributed by atoms with Crippen molar-refractivity contribution < 1.29 is 9.90 Å². The minimum absolute atomic E-state index is 0.0813. The number of aryl methyl sites for hydroxylation is 2. The van der Waals surface area contributed by atoms with Crippen LogP contribution in [0.5, 0.6) is 0 Å². The van der Waals surface area contributed by atoms with Crippen molar-refractivity contribution >= 4 is 17.3 Å². The Balaban J connectivity index is 2.04. The van der Waals surface area contributed by atoms with Crippen molar-refractivity contribution in [1.29, 1.82) is 0 Å². The van der Waals surface area contributed by atoms with Gasteiger partial charge < -0.3 is 5.11 Å². The first-order chi connectivity index (χ1) is 9.36. The second-order valence-electron chi connectivity index (χ2n) is 5.88. The van der Waals surface area contributed by atoms with Gasteiger partial charge in [-0.2, -0.15) is 0 Å². The number of nitrogens with zero attached hydrogens (tertiary/aromatic N) is 1. The molecule has 0 spiro atoms. The van der Waals surface area contributed by atoms with Gasteiger partial charge in [0.2, 0.25) is 0 Å². The zero-order valence-corrected chi connectivity index (χ0v) is 12.8. The molecule has 4 heteroatoms. The van der Waals surface area contributed by atoms with Gasteiger partial charge in [-0.25, -0.2) is 9.78 Å². The number of carboxylic acids is 1. The monoisotopic (exact) mass is 289 g/mol. The number of rotatable bonds is 4. The standard InChI is InChI=1S/C16H19NO2S/c1-16(2,3)13-10-20-14(17-13)8-7-11-5-4-6-12(9-11)15(18)19/h4-6,9-10H,7-8H2,1-3H3,(H,18,19). The lowest BCUT2D eigenvalue weighted by Gasteiger charge is -2.14. The molecule has 1 heterocycles. The van der Waals surface area contributed by atoms with E-state index in [1.807, 2.05) is 6.07 Å². The lowest BCUT2D eigenvalue weighted by atomic mass is 9.93. The van der Waals surface area contributed by atoms with Crippen LogP contribution in [0.1, 0.15) is 47.4 Å². The fourth-order valence-corrected chi connectivity index (χ4v) is 2.91. The molecule has 106 valence electrons. The number of hydrogen-bond donors (Lipinski definition) is 1. The van der Waals surface area contributed by atoms with Crippen LogP contribution < -0.4 is 0 Å². The van der Waals surface area contributed by atoms with E-state index in [0.29, 0.717) is 5.56 Å². The lowest BCUT2D eigenvalue weighted by Crippen LogP contribution is -2.11. The van der Waals surface area contributed by atoms with Crippen LogP contribution in [-0.2, 0) is 18.3 Å². The molecule has 0 saturated carbocycles. The molecule has 0 radical (unpaired) electrons. The van der Waals surface area contributed by atoms with Crippen LogP contribution in [0.3, 0.4) is 0 Å². The maximum absolute atomic E-state index is 10.9. The van der Waals surface area contributed by atoms with Crippen LogP contribution in [0.25, 0.3) is 0 Å². The first kappa shape index (κ1) is 14.7. The molecule has 1 aromatic heterocycles. The summed E-state index contributed by atoms with van der Waals surface area (Å²) in [4.78, 5) is 15.6. The molecule has 0 amide bonds. The molecule has 0 saturated heterocycles. The highest BCUT2D eigenvalue weighted by molar-refractivity contribution is 7.09. The van der Waals surface area contributed by atoms with Crippen molar-refractivity contribution in [1.82, 2.24) is 4.98 Å². The highest BCUT2D eigenvalue weighted by Crippen LogP contribution is 2.24.